The van der Waals surface area contributed by atoms with Crippen LogP contribution in [-0.4, -0.2) is 38.8 Å². The van der Waals surface area contributed by atoms with E-state index in [1.807, 2.05) is 23.1 Å². The van der Waals surface area contributed by atoms with Gasteiger partial charge in [0.1, 0.15) is 5.69 Å². The van der Waals surface area contributed by atoms with Gasteiger partial charge in [-0.05, 0) is 30.9 Å². The van der Waals surface area contributed by atoms with E-state index in [-0.39, 0.29) is 17.4 Å². The van der Waals surface area contributed by atoms with Crippen LogP contribution in [-0.2, 0) is 4.79 Å². The van der Waals surface area contributed by atoms with E-state index in [9.17, 15) is 9.59 Å². The molecule has 6 nitrogen and oxygen atoms in total. The monoisotopic (exact) mass is 366 g/mol. The van der Waals surface area contributed by atoms with Crippen LogP contribution in [0, 0.1) is 5.92 Å². The summed E-state index contributed by atoms with van der Waals surface area (Å²) < 4.78 is 0. The number of carbonyl (C=O) groups excluding carboxylic acids is 1. The second kappa shape index (κ2) is 8.03. The molecule has 2 fully saturated rings. The number of likely N-dealkylation sites (tertiary alicyclic amines) is 1. The van der Waals surface area contributed by atoms with Gasteiger partial charge in [-0.2, -0.15) is 0 Å². The van der Waals surface area contributed by atoms with E-state index in [1.54, 1.807) is 12.3 Å². The van der Waals surface area contributed by atoms with Crippen LogP contribution in [0.3, 0.4) is 0 Å². The van der Waals surface area contributed by atoms with Gasteiger partial charge < -0.3 is 9.88 Å². The standard InChI is InChI=1S/C21H26N4O2/c26-19-13-18(23-21(24-19)17-7-3-4-11-22-17)16-10-12-25(14-16)20(27)9-8-15-5-1-2-6-15/h3-4,7,11,13,15-16H,1-2,5-6,8-10,12,14H2,(H,23,24,26)/t16-/m1/s1. The van der Waals surface area contributed by atoms with Crippen molar-refractivity contribution in [3.05, 3.63) is 46.5 Å². The number of nitrogens with zero attached hydrogens (tertiary/aromatic N) is 3. The third-order valence-corrected chi connectivity index (χ3v) is 5.87. The zero-order valence-corrected chi connectivity index (χ0v) is 15.6. The third kappa shape index (κ3) is 4.26. The van der Waals surface area contributed by atoms with Crippen molar-refractivity contribution in [2.45, 2.75) is 50.9 Å². The normalized spacial score (nSPS) is 20.3. The number of nitrogens with one attached hydrogen (secondary N) is 1. The van der Waals surface area contributed by atoms with Crippen LogP contribution in [0.4, 0.5) is 0 Å². The van der Waals surface area contributed by atoms with Gasteiger partial charge in [0.05, 0.1) is 5.69 Å². The van der Waals surface area contributed by atoms with Crippen LogP contribution in [0.5, 0.6) is 0 Å². The summed E-state index contributed by atoms with van der Waals surface area (Å²) in [4.78, 5) is 38.3. The van der Waals surface area contributed by atoms with E-state index in [2.05, 4.69) is 15.0 Å². The van der Waals surface area contributed by atoms with E-state index in [0.717, 1.165) is 31.0 Å². The van der Waals surface area contributed by atoms with Crippen molar-refractivity contribution in [1.29, 1.82) is 0 Å². The van der Waals surface area contributed by atoms with Crippen LogP contribution >= 0.6 is 0 Å². The number of aromatic amines is 1. The molecule has 1 aliphatic heterocycles. The maximum Gasteiger partial charge on any atom is 0.251 e. The Kier molecular flexibility index (Phi) is 5.32. The Morgan fingerprint density at radius 3 is 2.85 bits per heavy atom. The van der Waals surface area contributed by atoms with Gasteiger partial charge in [0.25, 0.3) is 5.56 Å². The SMILES string of the molecule is O=C(CCC1CCCC1)N1CC[C@@H](c2cc(=O)[nH]c(-c3ccccn3)n2)C1. The van der Waals surface area contributed by atoms with Crippen molar-refractivity contribution in [2.24, 2.45) is 5.92 Å². The third-order valence-electron chi connectivity index (χ3n) is 5.87. The number of H-pyrrole nitrogens is 1. The molecule has 142 valence electrons. The van der Waals surface area contributed by atoms with Crippen LogP contribution in [0.1, 0.15) is 56.6 Å². The molecule has 1 amide bonds. The topological polar surface area (TPSA) is 79.0 Å². The molecular formula is C21H26N4O2. The predicted molar refractivity (Wildman–Crippen MR) is 103 cm³/mol. The summed E-state index contributed by atoms with van der Waals surface area (Å²) in [6.45, 7) is 1.41. The molecule has 27 heavy (non-hydrogen) atoms. The van der Waals surface area contributed by atoms with Crippen LogP contribution in [0.15, 0.2) is 35.3 Å². The van der Waals surface area contributed by atoms with Gasteiger partial charge in [-0.3, -0.25) is 14.6 Å². The van der Waals surface area contributed by atoms with E-state index in [4.69, 9.17) is 0 Å². The highest BCUT2D eigenvalue weighted by molar-refractivity contribution is 5.76. The minimum atomic E-state index is -0.174. The van der Waals surface area contributed by atoms with E-state index in [1.165, 1.54) is 25.7 Å². The minimum Gasteiger partial charge on any atom is -0.342 e. The molecule has 0 spiro atoms. The number of aromatic nitrogens is 3. The lowest BCUT2D eigenvalue weighted by atomic mass is 10.0. The zero-order valence-electron chi connectivity index (χ0n) is 15.6. The van der Waals surface area contributed by atoms with Crippen LogP contribution in [0.2, 0.25) is 0 Å². The van der Waals surface area contributed by atoms with Crippen molar-refractivity contribution in [3.8, 4) is 11.5 Å². The summed E-state index contributed by atoms with van der Waals surface area (Å²) >= 11 is 0. The maximum absolute atomic E-state index is 12.6. The molecule has 6 heteroatoms. The largest absolute Gasteiger partial charge is 0.342 e. The fourth-order valence-corrected chi connectivity index (χ4v) is 4.32. The summed E-state index contributed by atoms with van der Waals surface area (Å²) in [6.07, 6.45) is 9.41. The number of hydrogen-bond donors (Lipinski definition) is 1. The fourth-order valence-electron chi connectivity index (χ4n) is 4.32. The average Bonchev–Trinajstić information content (AvgIpc) is 3.38. The van der Waals surface area contributed by atoms with Crippen LogP contribution < -0.4 is 5.56 Å². The summed E-state index contributed by atoms with van der Waals surface area (Å²) in [6, 6.07) is 7.09. The first-order valence-corrected chi connectivity index (χ1v) is 9.99. The summed E-state index contributed by atoms with van der Waals surface area (Å²) in [5, 5.41) is 0. The molecule has 2 aromatic heterocycles. The number of amides is 1. The molecule has 2 aliphatic rings. The molecule has 1 N–H and O–H groups in total. The van der Waals surface area contributed by atoms with Crippen molar-refractivity contribution >= 4 is 5.91 Å². The number of hydrogen-bond acceptors (Lipinski definition) is 4. The van der Waals surface area contributed by atoms with Crippen LogP contribution in [0.25, 0.3) is 11.5 Å². The molecule has 1 aliphatic carbocycles. The minimum absolute atomic E-state index is 0.116. The fraction of sp³-hybridized carbons (Fsp3) is 0.524. The lowest BCUT2D eigenvalue weighted by molar-refractivity contribution is -0.130. The number of carbonyl (C=O) groups is 1. The lowest BCUT2D eigenvalue weighted by Gasteiger charge is -2.18. The highest BCUT2D eigenvalue weighted by Crippen LogP contribution is 2.30. The maximum atomic E-state index is 12.6. The average molecular weight is 366 g/mol. The zero-order chi connectivity index (χ0) is 18.6. The first-order chi connectivity index (χ1) is 13.2. The van der Waals surface area contributed by atoms with E-state index >= 15 is 0 Å². The second-order valence-electron chi connectivity index (χ2n) is 7.75. The van der Waals surface area contributed by atoms with E-state index < -0.39 is 0 Å². The molecule has 1 atom stereocenters. The van der Waals surface area contributed by atoms with Crippen molar-refractivity contribution in [1.82, 2.24) is 19.9 Å². The van der Waals surface area contributed by atoms with Gasteiger partial charge in [0.2, 0.25) is 5.91 Å². The molecular weight excluding hydrogens is 340 g/mol. The summed E-state index contributed by atoms with van der Waals surface area (Å²) in [5.74, 6) is 1.59. The lowest BCUT2D eigenvalue weighted by Crippen LogP contribution is -2.28. The highest BCUT2D eigenvalue weighted by Gasteiger charge is 2.29. The molecule has 0 bridgehead atoms. The quantitative estimate of drug-likeness (QED) is 0.882. The van der Waals surface area contributed by atoms with Crippen molar-refractivity contribution in [3.63, 3.8) is 0 Å². The Bertz CT molecular complexity index is 843. The Hall–Kier alpha value is -2.50. The molecule has 0 unspecified atom stereocenters. The first kappa shape index (κ1) is 17.9. The Labute approximate surface area is 159 Å². The van der Waals surface area contributed by atoms with Gasteiger partial charge in [-0.15, -0.1) is 0 Å². The number of rotatable bonds is 5. The highest BCUT2D eigenvalue weighted by atomic mass is 16.2. The molecule has 4 rings (SSSR count). The number of pyridine rings is 1. The molecule has 1 saturated carbocycles. The Morgan fingerprint density at radius 2 is 2.07 bits per heavy atom. The molecule has 1 saturated heterocycles. The first-order valence-electron chi connectivity index (χ1n) is 9.99. The second-order valence-corrected chi connectivity index (χ2v) is 7.75. The Morgan fingerprint density at radius 1 is 1.22 bits per heavy atom. The Balaban J connectivity index is 1.41. The van der Waals surface area contributed by atoms with E-state index in [0.29, 0.717) is 24.5 Å². The molecule has 3 heterocycles. The van der Waals surface area contributed by atoms with Gasteiger partial charge >= 0.3 is 0 Å². The van der Waals surface area contributed by atoms with Gasteiger partial charge in [-0.1, -0.05) is 31.7 Å². The van der Waals surface area contributed by atoms with Crippen molar-refractivity contribution in [2.75, 3.05) is 13.1 Å². The van der Waals surface area contributed by atoms with Crippen molar-refractivity contribution < 1.29 is 4.79 Å². The van der Waals surface area contributed by atoms with Gasteiger partial charge in [0.15, 0.2) is 5.82 Å². The summed E-state index contributed by atoms with van der Waals surface area (Å²) in [5.41, 5.74) is 1.23. The predicted octanol–water partition coefficient (Wildman–Crippen LogP) is 3.12. The molecule has 0 radical (unpaired) electrons. The summed E-state index contributed by atoms with van der Waals surface area (Å²) in [7, 11) is 0. The molecule has 0 aromatic carbocycles. The smallest absolute Gasteiger partial charge is 0.251 e. The molecule has 2 aromatic rings. The van der Waals surface area contributed by atoms with Gasteiger partial charge in [-0.25, -0.2) is 4.98 Å². The van der Waals surface area contributed by atoms with Gasteiger partial charge in [0, 0.05) is 37.7 Å².